The summed E-state index contributed by atoms with van der Waals surface area (Å²) >= 11 is 0. The average molecular weight is 313 g/mol. The zero-order chi connectivity index (χ0) is 16.4. The van der Waals surface area contributed by atoms with Gasteiger partial charge in [0.15, 0.2) is 5.65 Å². The number of hydrogen-bond acceptors (Lipinski definition) is 5. The minimum atomic E-state index is -1.04. The minimum absolute atomic E-state index is 0.0970. The molecule has 0 radical (unpaired) electrons. The number of aromatic nitrogens is 3. The highest BCUT2D eigenvalue weighted by molar-refractivity contribution is 5.93. The van der Waals surface area contributed by atoms with E-state index in [0.29, 0.717) is 23.5 Å². The van der Waals surface area contributed by atoms with Crippen molar-refractivity contribution in [3.63, 3.8) is 0 Å². The first-order valence-electron chi connectivity index (χ1n) is 6.89. The van der Waals surface area contributed by atoms with Crippen LogP contribution >= 0.6 is 0 Å². The second kappa shape index (κ2) is 5.96. The van der Waals surface area contributed by atoms with Crippen molar-refractivity contribution in [2.24, 2.45) is 0 Å². The van der Waals surface area contributed by atoms with Crippen molar-refractivity contribution in [1.82, 2.24) is 14.8 Å². The molecule has 1 aromatic carbocycles. The first-order chi connectivity index (χ1) is 11.1. The van der Waals surface area contributed by atoms with Gasteiger partial charge in [0, 0.05) is 6.20 Å². The van der Waals surface area contributed by atoms with Gasteiger partial charge in [0.2, 0.25) is 5.88 Å². The molecule has 1 N–H and O–H groups in total. The maximum Gasteiger partial charge on any atom is 0.337 e. The number of rotatable bonds is 5. The lowest BCUT2D eigenvalue weighted by Gasteiger charge is -2.04. The molecule has 0 saturated heterocycles. The van der Waals surface area contributed by atoms with Crippen LogP contribution in [0.2, 0.25) is 0 Å². The van der Waals surface area contributed by atoms with E-state index < -0.39 is 5.97 Å². The van der Waals surface area contributed by atoms with Crippen molar-refractivity contribution in [1.29, 1.82) is 0 Å². The molecule has 2 aromatic heterocycles. The molecule has 7 nitrogen and oxygen atoms in total. The molecule has 0 aliphatic carbocycles. The third-order valence-electron chi connectivity index (χ3n) is 3.48. The summed E-state index contributed by atoms with van der Waals surface area (Å²) in [5.74, 6) is 0.0920. The molecule has 0 aliphatic heterocycles. The van der Waals surface area contributed by atoms with Crippen LogP contribution in [0.1, 0.15) is 15.9 Å². The van der Waals surface area contributed by atoms with Gasteiger partial charge in [-0.3, -0.25) is 0 Å². The number of ether oxygens (including phenoxy) is 2. The third-order valence-corrected chi connectivity index (χ3v) is 3.48. The Balaban J connectivity index is 2.01. The Morgan fingerprint density at radius 3 is 2.57 bits per heavy atom. The van der Waals surface area contributed by atoms with Crippen molar-refractivity contribution in [3.05, 3.63) is 47.7 Å². The van der Waals surface area contributed by atoms with Gasteiger partial charge < -0.3 is 14.6 Å². The second-order valence-corrected chi connectivity index (χ2v) is 4.92. The molecular weight excluding hydrogens is 298 g/mol. The fraction of sp³-hybridized carbons (Fsp3) is 0.188. The normalized spacial score (nSPS) is 10.7. The van der Waals surface area contributed by atoms with Gasteiger partial charge in [0.05, 0.1) is 31.7 Å². The SMILES string of the molecule is COc1ccc(Cn2nc(OC)c3cc(C(=O)O)cnc32)cc1. The van der Waals surface area contributed by atoms with Crippen molar-refractivity contribution >= 4 is 17.0 Å². The Bertz CT molecular complexity index is 856. The van der Waals surface area contributed by atoms with E-state index in [1.165, 1.54) is 19.4 Å². The molecule has 0 bridgehead atoms. The number of carboxylic acid groups (broad SMARTS) is 1. The molecule has 0 atom stereocenters. The van der Waals surface area contributed by atoms with Gasteiger partial charge >= 0.3 is 5.97 Å². The van der Waals surface area contributed by atoms with Gasteiger partial charge in [0.1, 0.15) is 5.75 Å². The van der Waals surface area contributed by atoms with Crippen LogP contribution < -0.4 is 9.47 Å². The molecule has 118 valence electrons. The minimum Gasteiger partial charge on any atom is -0.497 e. The van der Waals surface area contributed by atoms with Crippen LogP contribution in [0.3, 0.4) is 0 Å². The lowest BCUT2D eigenvalue weighted by atomic mass is 10.2. The Labute approximate surface area is 132 Å². The number of carboxylic acids is 1. The molecule has 0 amide bonds. The summed E-state index contributed by atoms with van der Waals surface area (Å²) in [6.45, 7) is 0.489. The zero-order valence-corrected chi connectivity index (χ0v) is 12.7. The van der Waals surface area contributed by atoms with Crippen LogP contribution in [0.15, 0.2) is 36.5 Å². The Kier molecular flexibility index (Phi) is 3.84. The van der Waals surface area contributed by atoms with Crippen LogP contribution in [0.5, 0.6) is 11.6 Å². The number of carbonyl (C=O) groups is 1. The van der Waals surface area contributed by atoms with Gasteiger partial charge in [-0.15, -0.1) is 5.10 Å². The molecule has 0 unspecified atom stereocenters. The molecule has 3 aromatic rings. The molecule has 23 heavy (non-hydrogen) atoms. The topological polar surface area (TPSA) is 86.5 Å². The highest BCUT2D eigenvalue weighted by Crippen LogP contribution is 2.25. The van der Waals surface area contributed by atoms with E-state index >= 15 is 0 Å². The number of aromatic carboxylic acids is 1. The molecular formula is C16H15N3O4. The maximum absolute atomic E-state index is 11.1. The van der Waals surface area contributed by atoms with Gasteiger partial charge in [-0.1, -0.05) is 12.1 Å². The van der Waals surface area contributed by atoms with Crippen molar-refractivity contribution in [3.8, 4) is 11.6 Å². The van der Waals surface area contributed by atoms with E-state index in [2.05, 4.69) is 10.1 Å². The molecule has 2 heterocycles. The zero-order valence-electron chi connectivity index (χ0n) is 12.7. The van der Waals surface area contributed by atoms with Gasteiger partial charge in [-0.05, 0) is 23.8 Å². The smallest absolute Gasteiger partial charge is 0.337 e. The van der Waals surface area contributed by atoms with E-state index in [0.717, 1.165) is 11.3 Å². The molecule has 3 rings (SSSR count). The Hall–Kier alpha value is -3.09. The molecule has 0 spiro atoms. The van der Waals surface area contributed by atoms with Crippen molar-refractivity contribution in [2.75, 3.05) is 14.2 Å². The fourth-order valence-electron chi connectivity index (χ4n) is 2.31. The van der Waals surface area contributed by atoms with E-state index in [4.69, 9.17) is 14.6 Å². The first kappa shape index (κ1) is 14.8. The Morgan fingerprint density at radius 2 is 1.96 bits per heavy atom. The second-order valence-electron chi connectivity index (χ2n) is 4.92. The van der Waals surface area contributed by atoms with E-state index in [1.54, 1.807) is 11.8 Å². The number of hydrogen-bond donors (Lipinski definition) is 1. The van der Waals surface area contributed by atoms with Crippen LogP contribution in [0.25, 0.3) is 11.0 Å². The summed E-state index contributed by atoms with van der Waals surface area (Å²) in [5.41, 5.74) is 1.68. The standard InChI is InChI=1S/C16H15N3O4/c1-22-12-5-3-10(4-6-12)9-19-14-13(15(18-19)23-2)7-11(8-17-14)16(20)21/h3-8H,9H2,1-2H3,(H,20,21). The summed E-state index contributed by atoms with van der Waals surface area (Å²) in [4.78, 5) is 15.3. The molecule has 0 saturated carbocycles. The number of pyridine rings is 1. The van der Waals surface area contributed by atoms with Gasteiger partial charge in [0.25, 0.3) is 0 Å². The number of methoxy groups -OCH3 is 2. The van der Waals surface area contributed by atoms with E-state index in [9.17, 15) is 4.79 Å². The molecule has 0 fully saturated rings. The lowest BCUT2D eigenvalue weighted by Crippen LogP contribution is -2.03. The van der Waals surface area contributed by atoms with E-state index in [-0.39, 0.29) is 5.56 Å². The summed E-state index contributed by atoms with van der Waals surface area (Å²) in [6, 6.07) is 9.12. The van der Waals surface area contributed by atoms with Crippen LogP contribution in [-0.4, -0.2) is 40.1 Å². The molecule has 7 heteroatoms. The summed E-state index contributed by atoms with van der Waals surface area (Å²) < 4.78 is 12.1. The van der Waals surface area contributed by atoms with Crippen LogP contribution in [0.4, 0.5) is 0 Å². The number of fused-ring (bicyclic) bond motifs is 1. The highest BCUT2D eigenvalue weighted by Gasteiger charge is 2.15. The maximum atomic E-state index is 11.1. The van der Waals surface area contributed by atoms with E-state index in [1.807, 2.05) is 24.3 Å². The summed E-state index contributed by atoms with van der Waals surface area (Å²) in [5, 5.41) is 14.0. The van der Waals surface area contributed by atoms with Crippen molar-refractivity contribution in [2.45, 2.75) is 6.54 Å². The first-order valence-corrected chi connectivity index (χ1v) is 6.89. The summed E-state index contributed by atoms with van der Waals surface area (Å²) in [6.07, 6.45) is 1.32. The monoisotopic (exact) mass is 313 g/mol. The van der Waals surface area contributed by atoms with Crippen LogP contribution in [0, 0.1) is 0 Å². The summed E-state index contributed by atoms with van der Waals surface area (Å²) in [7, 11) is 3.11. The average Bonchev–Trinajstić information content (AvgIpc) is 2.92. The van der Waals surface area contributed by atoms with Crippen molar-refractivity contribution < 1.29 is 19.4 Å². The van der Waals surface area contributed by atoms with Gasteiger partial charge in [-0.25, -0.2) is 14.5 Å². The predicted octanol–water partition coefficient (Wildman–Crippen LogP) is 2.20. The van der Waals surface area contributed by atoms with Gasteiger partial charge in [-0.2, -0.15) is 0 Å². The number of nitrogens with zero attached hydrogens (tertiary/aromatic N) is 3. The lowest BCUT2D eigenvalue weighted by molar-refractivity contribution is 0.0696. The molecule has 0 aliphatic rings. The largest absolute Gasteiger partial charge is 0.497 e. The predicted molar refractivity (Wildman–Crippen MR) is 83.1 cm³/mol. The Morgan fingerprint density at radius 1 is 1.22 bits per heavy atom. The van der Waals surface area contributed by atoms with Crippen LogP contribution in [-0.2, 0) is 6.54 Å². The highest BCUT2D eigenvalue weighted by atomic mass is 16.5. The fourth-order valence-corrected chi connectivity index (χ4v) is 2.31. The number of benzene rings is 1. The third kappa shape index (κ3) is 2.80. The quantitative estimate of drug-likeness (QED) is 0.777.